The fraction of sp³-hybridized carbons (Fsp3) is 0.409. The molecule has 4 heteroatoms. The number of benzene rings is 2. The minimum Gasteiger partial charge on any atom is -0.495 e. The van der Waals surface area contributed by atoms with Gasteiger partial charge in [0.05, 0.1) is 19.3 Å². The molecule has 0 N–H and O–H groups in total. The zero-order valence-electron chi connectivity index (χ0n) is 16.5. The maximum Gasteiger partial charge on any atom is 0.242 e. The van der Waals surface area contributed by atoms with Crippen LogP contribution in [0.5, 0.6) is 5.75 Å². The molecule has 26 heavy (non-hydrogen) atoms. The van der Waals surface area contributed by atoms with Gasteiger partial charge in [-0.2, -0.15) is 0 Å². The number of anilines is 1. The molecule has 0 fully saturated rings. The Morgan fingerprint density at radius 2 is 1.77 bits per heavy atom. The van der Waals surface area contributed by atoms with Gasteiger partial charge >= 0.3 is 0 Å². The zero-order valence-corrected chi connectivity index (χ0v) is 17.3. The second-order valence-electron chi connectivity index (χ2n) is 7.67. The molecular weight excluding hydrogens is 346 g/mol. The highest BCUT2D eigenvalue weighted by Gasteiger charge is 2.23. The highest BCUT2D eigenvalue weighted by atomic mass is 35.5. The molecule has 0 aliphatic rings. The number of hydrogen-bond donors (Lipinski definition) is 0. The van der Waals surface area contributed by atoms with Crippen molar-refractivity contribution >= 4 is 23.2 Å². The van der Waals surface area contributed by atoms with Crippen LogP contribution >= 0.6 is 11.6 Å². The molecule has 2 aromatic carbocycles. The number of carbonyl (C=O) groups excluding carboxylic acids is 1. The number of amides is 1. The van der Waals surface area contributed by atoms with Gasteiger partial charge in [-0.1, -0.05) is 45.0 Å². The Kier molecular flexibility index (Phi) is 6.35. The van der Waals surface area contributed by atoms with E-state index < -0.39 is 0 Å². The van der Waals surface area contributed by atoms with E-state index in [1.54, 1.807) is 12.0 Å². The quantitative estimate of drug-likeness (QED) is 0.658. The molecule has 0 saturated carbocycles. The predicted octanol–water partition coefficient (Wildman–Crippen LogP) is 5.38. The smallest absolute Gasteiger partial charge is 0.242 e. The van der Waals surface area contributed by atoms with Crippen molar-refractivity contribution in [2.45, 2.75) is 46.6 Å². The first kappa shape index (κ1) is 20.3. The summed E-state index contributed by atoms with van der Waals surface area (Å²) in [5.74, 6) is 0.447. The molecule has 0 saturated heterocycles. The van der Waals surface area contributed by atoms with Crippen LogP contribution in [0.1, 0.15) is 43.0 Å². The number of halogens is 1. The normalized spacial score (nSPS) is 11.3. The summed E-state index contributed by atoms with van der Waals surface area (Å²) < 4.78 is 5.53. The van der Waals surface area contributed by atoms with Crippen LogP contribution in [0.4, 0.5) is 5.69 Å². The van der Waals surface area contributed by atoms with E-state index in [2.05, 4.69) is 52.8 Å². The van der Waals surface area contributed by atoms with E-state index in [9.17, 15) is 4.79 Å². The summed E-state index contributed by atoms with van der Waals surface area (Å²) >= 11 is 5.91. The van der Waals surface area contributed by atoms with Gasteiger partial charge in [-0.05, 0) is 53.6 Å². The van der Waals surface area contributed by atoms with Crippen molar-refractivity contribution < 1.29 is 9.53 Å². The average molecular weight is 374 g/mol. The molecule has 0 aliphatic carbocycles. The summed E-state index contributed by atoms with van der Waals surface area (Å²) in [6.07, 6.45) is 0. The van der Waals surface area contributed by atoms with E-state index in [0.717, 1.165) is 16.8 Å². The van der Waals surface area contributed by atoms with Crippen molar-refractivity contribution in [3.8, 4) is 5.75 Å². The van der Waals surface area contributed by atoms with Crippen LogP contribution in [0.3, 0.4) is 0 Å². The highest BCUT2D eigenvalue weighted by molar-refractivity contribution is 6.29. The number of ether oxygens (including phenoxy) is 1. The Morgan fingerprint density at radius 3 is 2.31 bits per heavy atom. The minimum atomic E-state index is -0.144. The third kappa shape index (κ3) is 4.59. The summed E-state index contributed by atoms with van der Waals surface area (Å²) in [5, 5.41) is 0. The van der Waals surface area contributed by atoms with E-state index in [-0.39, 0.29) is 17.2 Å². The number of nitrogens with zero attached hydrogens (tertiary/aromatic N) is 1. The van der Waals surface area contributed by atoms with E-state index in [1.807, 2.05) is 18.2 Å². The van der Waals surface area contributed by atoms with E-state index in [0.29, 0.717) is 12.3 Å². The summed E-state index contributed by atoms with van der Waals surface area (Å²) in [6, 6.07) is 12.2. The molecule has 2 aromatic rings. The van der Waals surface area contributed by atoms with Gasteiger partial charge in [-0.3, -0.25) is 4.79 Å². The maximum absolute atomic E-state index is 12.6. The van der Waals surface area contributed by atoms with Crippen LogP contribution in [0.2, 0.25) is 0 Å². The molecule has 0 radical (unpaired) electrons. The van der Waals surface area contributed by atoms with Crippen LogP contribution in [0.25, 0.3) is 0 Å². The number of alkyl halides is 1. The lowest BCUT2D eigenvalue weighted by Crippen LogP contribution is -2.32. The van der Waals surface area contributed by atoms with Gasteiger partial charge in [0.25, 0.3) is 0 Å². The molecule has 0 bridgehead atoms. The summed E-state index contributed by atoms with van der Waals surface area (Å²) in [5.41, 5.74) is 5.36. The van der Waals surface area contributed by atoms with Gasteiger partial charge in [0.2, 0.25) is 5.91 Å². The molecule has 1 amide bonds. The van der Waals surface area contributed by atoms with Crippen molar-refractivity contribution in [1.82, 2.24) is 0 Å². The molecule has 3 nitrogen and oxygen atoms in total. The van der Waals surface area contributed by atoms with Crippen molar-refractivity contribution in [3.05, 3.63) is 58.7 Å². The molecule has 0 aliphatic heterocycles. The molecule has 0 spiro atoms. The standard InChI is InChI=1S/C22H28ClNO2/c1-15-7-8-17(11-16(15)2)14-24(21(25)13-23)19-12-18(22(3,4)5)9-10-20(19)26-6/h7-12H,13-14H2,1-6H3. The first-order chi connectivity index (χ1) is 12.2. The largest absolute Gasteiger partial charge is 0.495 e. The van der Waals surface area contributed by atoms with Gasteiger partial charge in [-0.25, -0.2) is 0 Å². The Balaban J connectivity index is 2.52. The van der Waals surface area contributed by atoms with Gasteiger partial charge in [0.15, 0.2) is 0 Å². The molecule has 0 heterocycles. The minimum absolute atomic E-state index is 0.0306. The molecule has 0 unspecified atom stereocenters. The number of carbonyl (C=O) groups is 1. The average Bonchev–Trinajstić information content (AvgIpc) is 2.60. The molecule has 2 rings (SSSR count). The summed E-state index contributed by atoms with van der Waals surface area (Å²) in [4.78, 5) is 14.3. The predicted molar refractivity (Wildman–Crippen MR) is 110 cm³/mol. The maximum atomic E-state index is 12.6. The van der Waals surface area contributed by atoms with Crippen LogP contribution in [-0.2, 0) is 16.8 Å². The van der Waals surface area contributed by atoms with Crippen molar-refractivity contribution in [3.63, 3.8) is 0 Å². The fourth-order valence-electron chi connectivity index (χ4n) is 2.83. The number of hydrogen-bond acceptors (Lipinski definition) is 2. The number of methoxy groups -OCH3 is 1. The topological polar surface area (TPSA) is 29.5 Å². The second kappa shape index (κ2) is 8.13. The van der Waals surface area contributed by atoms with Gasteiger partial charge in [0, 0.05) is 0 Å². The van der Waals surface area contributed by atoms with Gasteiger partial charge in [-0.15, -0.1) is 11.6 Å². The lowest BCUT2D eigenvalue weighted by molar-refractivity contribution is -0.116. The number of aryl methyl sites for hydroxylation is 2. The van der Waals surface area contributed by atoms with E-state index in [1.165, 1.54) is 11.1 Å². The second-order valence-corrected chi connectivity index (χ2v) is 7.94. The lowest BCUT2D eigenvalue weighted by Gasteiger charge is -2.27. The van der Waals surface area contributed by atoms with Crippen LogP contribution in [0.15, 0.2) is 36.4 Å². The Morgan fingerprint density at radius 1 is 1.08 bits per heavy atom. The molecule has 0 atom stereocenters. The van der Waals surface area contributed by atoms with Crippen LogP contribution in [0, 0.1) is 13.8 Å². The SMILES string of the molecule is COc1ccc(C(C)(C)C)cc1N(Cc1ccc(C)c(C)c1)C(=O)CCl. The Labute approximate surface area is 161 Å². The molecular formula is C22H28ClNO2. The van der Waals surface area contributed by atoms with E-state index >= 15 is 0 Å². The lowest BCUT2D eigenvalue weighted by atomic mass is 9.86. The highest BCUT2D eigenvalue weighted by Crippen LogP contribution is 2.35. The number of rotatable bonds is 5. The van der Waals surface area contributed by atoms with Crippen molar-refractivity contribution in [2.75, 3.05) is 17.9 Å². The first-order valence-corrected chi connectivity index (χ1v) is 9.31. The van der Waals surface area contributed by atoms with Gasteiger partial charge < -0.3 is 9.64 Å². The third-order valence-corrected chi connectivity index (χ3v) is 4.89. The summed E-state index contributed by atoms with van der Waals surface area (Å²) in [7, 11) is 1.62. The summed E-state index contributed by atoms with van der Waals surface area (Å²) in [6.45, 7) is 11.1. The van der Waals surface area contributed by atoms with Crippen molar-refractivity contribution in [2.24, 2.45) is 0 Å². The fourth-order valence-corrected chi connectivity index (χ4v) is 2.98. The van der Waals surface area contributed by atoms with E-state index in [4.69, 9.17) is 16.3 Å². The van der Waals surface area contributed by atoms with Crippen LogP contribution in [-0.4, -0.2) is 18.9 Å². The van der Waals surface area contributed by atoms with Gasteiger partial charge in [0.1, 0.15) is 11.6 Å². The van der Waals surface area contributed by atoms with Crippen molar-refractivity contribution in [1.29, 1.82) is 0 Å². The molecule has 0 aromatic heterocycles. The Hall–Kier alpha value is -2.00. The monoisotopic (exact) mass is 373 g/mol. The Bertz CT molecular complexity index is 793. The zero-order chi connectivity index (χ0) is 19.5. The third-order valence-electron chi connectivity index (χ3n) is 4.66. The van der Waals surface area contributed by atoms with Crippen LogP contribution < -0.4 is 9.64 Å². The molecule has 140 valence electrons. The first-order valence-electron chi connectivity index (χ1n) is 8.78.